The predicted molar refractivity (Wildman–Crippen MR) is 66.6 cm³/mol. The van der Waals surface area contributed by atoms with E-state index in [9.17, 15) is 0 Å². The fraction of sp³-hybridized carbons (Fsp3) is 0.667. The molecule has 0 aliphatic carbocycles. The normalized spacial score (nSPS) is 13.1. The molecule has 1 unspecified atom stereocenters. The van der Waals surface area contributed by atoms with Crippen molar-refractivity contribution in [1.82, 2.24) is 0 Å². The highest BCUT2D eigenvalue weighted by Crippen LogP contribution is 2.21. The van der Waals surface area contributed by atoms with E-state index < -0.39 is 0 Å². The molecule has 1 rings (SSSR count). The largest absolute Gasteiger partial charge is 0.145 e. The SMILES string of the molecule is CCCC(Cl)CCc1ccc(CC)s1. The minimum absolute atomic E-state index is 0.368. The van der Waals surface area contributed by atoms with Crippen molar-refractivity contribution in [1.29, 1.82) is 0 Å². The van der Waals surface area contributed by atoms with Crippen molar-refractivity contribution in [2.45, 2.75) is 51.3 Å². The molecule has 2 heteroatoms. The number of rotatable bonds is 6. The van der Waals surface area contributed by atoms with Crippen LogP contribution in [0.5, 0.6) is 0 Å². The van der Waals surface area contributed by atoms with Gasteiger partial charge in [0, 0.05) is 15.1 Å². The first-order valence-electron chi connectivity index (χ1n) is 5.47. The molecule has 0 saturated heterocycles. The van der Waals surface area contributed by atoms with Crippen molar-refractivity contribution in [3.8, 4) is 0 Å². The number of alkyl halides is 1. The molecule has 0 saturated carbocycles. The van der Waals surface area contributed by atoms with Crippen molar-refractivity contribution in [2.24, 2.45) is 0 Å². The van der Waals surface area contributed by atoms with Crippen LogP contribution >= 0.6 is 22.9 Å². The number of hydrogen-bond acceptors (Lipinski definition) is 1. The molecule has 0 aromatic carbocycles. The highest BCUT2D eigenvalue weighted by molar-refractivity contribution is 7.11. The summed E-state index contributed by atoms with van der Waals surface area (Å²) in [6, 6.07) is 4.49. The second kappa shape index (κ2) is 6.47. The summed E-state index contributed by atoms with van der Waals surface area (Å²) in [6.07, 6.45) is 5.77. The Morgan fingerprint density at radius 2 is 1.93 bits per heavy atom. The molecule has 0 aliphatic heterocycles. The third-order valence-corrected chi connectivity index (χ3v) is 4.10. The van der Waals surface area contributed by atoms with Gasteiger partial charge in [0.25, 0.3) is 0 Å². The average molecular weight is 231 g/mol. The van der Waals surface area contributed by atoms with Crippen molar-refractivity contribution >= 4 is 22.9 Å². The van der Waals surface area contributed by atoms with Gasteiger partial charge in [0.2, 0.25) is 0 Å². The summed E-state index contributed by atoms with van der Waals surface area (Å²) in [5.74, 6) is 0. The maximum Gasteiger partial charge on any atom is 0.0339 e. The molecule has 80 valence electrons. The molecule has 0 amide bonds. The Labute approximate surface area is 96.3 Å². The fourth-order valence-corrected chi connectivity index (χ4v) is 2.80. The summed E-state index contributed by atoms with van der Waals surface area (Å²) in [4.78, 5) is 2.98. The van der Waals surface area contributed by atoms with Crippen LogP contribution in [-0.4, -0.2) is 5.38 Å². The highest BCUT2D eigenvalue weighted by Gasteiger charge is 2.05. The average Bonchev–Trinajstić information content (AvgIpc) is 2.63. The van der Waals surface area contributed by atoms with E-state index >= 15 is 0 Å². The van der Waals surface area contributed by atoms with E-state index in [0.29, 0.717) is 5.38 Å². The second-order valence-corrected chi connectivity index (χ2v) is 5.52. The Morgan fingerprint density at radius 1 is 1.21 bits per heavy atom. The van der Waals surface area contributed by atoms with E-state index in [4.69, 9.17) is 11.6 Å². The molecular formula is C12H19ClS. The van der Waals surface area contributed by atoms with Crippen LogP contribution < -0.4 is 0 Å². The van der Waals surface area contributed by atoms with Gasteiger partial charge in [0.15, 0.2) is 0 Å². The van der Waals surface area contributed by atoms with Crippen molar-refractivity contribution in [3.63, 3.8) is 0 Å². The summed E-state index contributed by atoms with van der Waals surface area (Å²) in [7, 11) is 0. The van der Waals surface area contributed by atoms with Gasteiger partial charge < -0.3 is 0 Å². The molecule has 1 aromatic heterocycles. The molecule has 0 radical (unpaired) electrons. The Balaban J connectivity index is 2.30. The lowest BCUT2D eigenvalue weighted by atomic mass is 10.1. The summed E-state index contributed by atoms with van der Waals surface area (Å²) in [5, 5.41) is 0.368. The van der Waals surface area contributed by atoms with Gasteiger partial charge >= 0.3 is 0 Å². The van der Waals surface area contributed by atoms with Crippen LogP contribution in [0.2, 0.25) is 0 Å². The van der Waals surface area contributed by atoms with Crippen LogP contribution in [0.3, 0.4) is 0 Å². The Hall–Kier alpha value is -0.0100. The molecule has 1 heterocycles. The van der Waals surface area contributed by atoms with Crippen molar-refractivity contribution in [2.75, 3.05) is 0 Å². The second-order valence-electron chi connectivity index (χ2n) is 3.65. The summed E-state index contributed by atoms with van der Waals surface area (Å²) in [6.45, 7) is 4.40. The Bertz CT molecular complexity index is 255. The topological polar surface area (TPSA) is 0 Å². The number of thiophene rings is 1. The standard InChI is InChI=1S/C12H19ClS/c1-3-5-10(13)6-7-12-9-8-11(4-2)14-12/h8-10H,3-7H2,1-2H3. The van der Waals surface area contributed by atoms with Gasteiger partial charge in [-0.3, -0.25) is 0 Å². The van der Waals surface area contributed by atoms with Gasteiger partial charge in [0.1, 0.15) is 0 Å². The first-order valence-corrected chi connectivity index (χ1v) is 6.73. The lowest BCUT2D eigenvalue weighted by Crippen LogP contribution is -1.98. The Kier molecular flexibility index (Phi) is 5.57. The van der Waals surface area contributed by atoms with Crippen LogP contribution in [0.15, 0.2) is 12.1 Å². The number of halogens is 1. The van der Waals surface area contributed by atoms with Crippen LogP contribution in [-0.2, 0) is 12.8 Å². The molecule has 0 aliphatic rings. The zero-order chi connectivity index (χ0) is 10.4. The number of aryl methyl sites for hydroxylation is 2. The summed E-state index contributed by atoms with van der Waals surface area (Å²) >= 11 is 8.11. The van der Waals surface area contributed by atoms with Crippen molar-refractivity contribution in [3.05, 3.63) is 21.9 Å². The lowest BCUT2D eigenvalue weighted by molar-refractivity contribution is 0.679. The van der Waals surface area contributed by atoms with Crippen LogP contribution in [0.1, 0.15) is 42.9 Å². The van der Waals surface area contributed by atoms with Crippen LogP contribution in [0.25, 0.3) is 0 Å². The third kappa shape index (κ3) is 4.02. The quantitative estimate of drug-likeness (QED) is 0.624. The lowest BCUT2D eigenvalue weighted by Gasteiger charge is -2.05. The van der Waals surface area contributed by atoms with E-state index in [-0.39, 0.29) is 0 Å². The minimum atomic E-state index is 0.368. The number of hydrogen-bond donors (Lipinski definition) is 0. The molecule has 14 heavy (non-hydrogen) atoms. The van der Waals surface area contributed by atoms with Crippen LogP contribution in [0, 0.1) is 0 Å². The molecule has 0 N–H and O–H groups in total. The van der Waals surface area contributed by atoms with Gasteiger partial charge in [0.05, 0.1) is 0 Å². The summed E-state index contributed by atoms with van der Waals surface area (Å²) < 4.78 is 0. The van der Waals surface area contributed by atoms with Gasteiger partial charge in [-0.1, -0.05) is 20.3 Å². The minimum Gasteiger partial charge on any atom is -0.145 e. The first kappa shape index (κ1) is 12.1. The monoisotopic (exact) mass is 230 g/mol. The smallest absolute Gasteiger partial charge is 0.0339 e. The highest BCUT2D eigenvalue weighted by atomic mass is 35.5. The summed E-state index contributed by atoms with van der Waals surface area (Å²) in [5.41, 5.74) is 0. The molecule has 0 fully saturated rings. The third-order valence-electron chi connectivity index (χ3n) is 2.37. The Morgan fingerprint density at radius 3 is 2.50 bits per heavy atom. The molecule has 1 aromatic rings. The molecule has 0 nitrogen and oxygen atoms in total. The maximum atomic E-state index is 6.18. The molecule has 1 atom stereocenters. The van der Waals surface area contributed by atoms with E-state index in [1.54, 1.807) is 0 Å². The van der Waals surface area contributed by atoms with E-state index in [1.807, 2.05) is 11.3 Å². The van der Waals surface area contributed by atoms with Gasteiger partial charge in [-0.25, -0.2) is 0 Å². The van der Waals surface area contributed by atoms with Gasteiger partial charge in [-0.05, 0) is 37.8 Å². The van der Waals surface area contributed by atoms with Gasteiger partial charge in [-0.15, -0.1) is 22.9 Å². The molecule has 0 spiro atoms. The molecular weight excluding hydrogens is 212 g/mol. The first-order chi connectivity index (χ1) is 6.76. The predicted octanol–water partition coefficient (Wildman–Crippen LogP) is 4.65. The van der Waals surface area contributed by atoms with E-state index in [0.717, 1.165) is 25.7 Å². The fourth-order valence-electron chi connectivity index (χ4n) is 1.50. The maximum absolute atomic E-state index is 6.18. The molecule has 0 bridgehead atoms. The van der Waals surface area contributed by atoms with Crippen LogP contribution in [0.4, 0.5) is 0 Å². The van der Waals surface area contributed by atoms with Crippen molar-refractivity contribution < 1.29 is 0 Å². The van der Waals surface area contributed by atoms with E-state index in [2.05, 4.69) is 26.0 Å². The van der Waals surface area contributed by atoms with Gasteiger partial charge in [-0.2, -0.15) is 0 Å². The zero-order valence-electron chi connectivity index (χ0n) is 9.05. The zero-order valence-corrected chi connectivity index (χ0v) is 10.6. The van der Waals surface area contributed by atoms with E-state index in [1.165, 1.54) is 16.2 Å².